The number of carbonyl (C=O) groups is 2. The molecule has 0 aromatic heterocycles. The molecular weight excluding hydrogens is 306 g/mol. The third-order valence-corrected chi connectivity index (χ3v) is 3.97. The van der Waals surface area contributed by atoms with Gasteiger partial charge in [0.2, 0.25) is 5.91 Å². The summed E-state index contributed by atoms with van der Waals surface area (Å²) >= 11 is 0. The smallest absolute Gasteiger partial charge is 0.253 e. The van der Waals surface area contributed by atoms with Gasteiger partial charge in [-0.05, 0) is 35.4 Å². The number of hydrazone groups is 1. The first-order valence-corrected chi connectivity index (χ1v) is 7.60. The maximum Gasteiger partial charge on any atom is 0.253 e. The van der Waals surface area contributed by atoms with Crippen molar-refractivity contribution in [3.05, 3.63) is 65.7 Å². The summed E-state index contributed by atoms with van der Waals surface area (Å²) in [6, 6.07) is 15.9. The van der Waals surface area contributed by atoms with Gasteiger partial charge in [-0.25, -0.2) is 5.43 Å². The van der Waals surface area contributed by atoms with Crippen molar-refractivity contribution in [2.24, 2.45) is 11.0 Å². The van der Waals surface area contributed by atoms with E-state index in [0.717, 1.165) is 11.1 Å². The lowest BCUT2D eigenvalue weighted by molar-refractivity contribution is -0.133. The topological polar surface area (TPSA) is 90.8 Å². The van der Waals surface area contributed by atoms with Gasteiger partial charge < -0.3 is 10.4 Å². The van der Waals surface area contributed by atoms with Crippen LogP contribution in [0.3, 0.4) is 0 Å². The van der Waals surface area contributed by atoms with Crippen LogP contribution in [0.1, 0.15) is 17.0 Å². The molecule has 6 nitrogen and oxygen atoms in total. The lowest BCUT2D eigenvalue weighted by atomic mass is 9.88. The zero-order valence-electron chi connectivity index (χ0n) is 12.8. The Morgan fingerprint density at radius 2 is 1.88 bits per heavy atom. The summed E-state index contributed by atoms with van der Waals surface area (Å²) in [5, 5.41) is 15.8. The van der Waals surface area contributed by atoms with E-state index in [9.17, 15) is 14.7 Å². The molecule has 0 aliphatic carbocycles. The van der Waals surface area contributed by atoms with Gasteiger partial charge in [-0.1, -0.05) is 30.3 Å². The monoisotopic (exact) mass is 323 g/mol. The predicted molar refractivity (Wildman–Crippen MR) is 89.5 cm³/mol. The number of nitrogens with one attached hydrogen (secondary N) is 2. The van der Waals surface area contributed by atoms with Crippen molar-refractivity contribution in [2.45, 2.75) is 5.92 Å². The van der Waals surface area contributed by atoms with E-state index in [1.54, 1.807) is 12.1 Å². The van der Waals surface area contributed by atoms with Crippen molar-refractivity contribution in [2.75, 3.05) is 6.54 Å². The maximum atomic E-state index is 12.4. The molecule has 0 radical (unpaired) electrons. The summed E-state index contributed by atoms with van der Waals surface area (Å²) in [5.41, 5.74) is 4.09. The van der Waals surface area contributed by atoms with E-state index in [4.69, 9.17) is 0 Å². The molecule has 0 bridgehead atoms. The zero-order chi connectivity index (χ0) is 16.9. The number of carbonyl (C=O) groups excluding carboxylic acids is 2. The van der Waals surface area contributed by atoms with Crippen LogP contribution in [0.5, 0.6) is 5.75 Å². The molecule has 0 unspecified atom stereocenters. The molecule has 2 amide bonds. The minimum absolute atomic E-state index is 0.157. The maximum absolute atomic E-state index is 12.4. The Bertz CT molecular complexity index is 757. The minimum atomic E-state index is -0.802. The Labute approximate surface area is 139 Å². The standard InChI is InChI=1S/C18H17N3O3/c22-14-8-6-12(7-9-14)10-20-21-18(24)16-15(11-19-17(16)23)13-4-2-1-3-5-13/h1-10,15-16,22H,11H2,(H,19,23)(H,21,24)/b20-10-/t15-,16+/m0/s1. The molecule has 1 aliphatic rings. The van der Waals surface area contributed by atoms with Crippen LogP contribution in [0.4, 0.5) is 0 Å². The fourth-order valence-corrected chi connectivity index (χ4v) is 2.73. The fourth-order valence-electron chi connectivity index (χ4n) is 2.73. The molecule has 122 valence electrons. The Morgan fingerprint density at radius 1 is 1.17 bits per heavy atom. The molecule has 3 rings (SSSR count). The Hall–Kier alpha value is -3.15. The highest BCUT2D eigenvalue weighted by Gasteiger charge is 2.40. The second-order valence-electron chi connectivity index (χ2n) is 5.57. The van der Waals surface area contributed by atoms with Crippen LogP contribution in [0.15, 0.2) is 59.7 Å². The molecule has 1 heterocycles. The number of nitrogens with zero attached hydrogens (tertiary/aromatic N) is 1. The molecule has 1 aliphatic heterocycles. The van der Waals surface area contributed by atoms with Gasteiger partial charge in [0, 0.05) is 12.5 Å². The normalized spacial score (nSPS) is 20.1. The largest absolute Gasteiger partial charge is 0.508 e. The molecule has 0 spiro atoms. The predicted octanol–water partition coefficient (Wildman–Crippen LogP) is 1.37. The summed E-state index contributed by atoms with van der Waals surface area (Å²) in [6.45, 7) is 0.433. The van der Waals surface area contributed by atoms with Crippen molar-refractivity contribution < 1.29 is 14.7 Å². The third-order valence-electron chi connectivity index (χ3n) is 3.97. The minimum Gasteiger partial charge on any atom is -0.508 e. The van der Waals surface area contributed by atoms with E-state index < -0.39 is 11.8 Å². The first-order valence-electron chi connectivity index (χ1n) is 7.60. The second kappa shape index (κ2) is 6.95. The molecule has 3 N–H and O–H groups in total. The number of aromatic hydroxyl groups is 1. The van der Waals surface area contributed by atoms with Gasteiger partial charge in [0.15, 0.2) is 0 Å². The Morgan fingerprint density at radius 3 is 2.58 bits per heavy atom. The van der Waals surface area contributed by atoms with Crippen LogP contribution in [0.25, 0.3) is 0 Å². The average Bonchev–Trinajstić information content (AvgIpc) is 2.99. The van der Waals surface area contributed by atoms with Crippen molar-refractivity contribution >= 4 is 18.0 Å². The van der Waals surface area contributed by atoms with Crippen LogP contribution >= 0.6 is 0 Å². The fraction of sp³-hybridized carbons (Fsp3) is 0.167. The van der Waals surface area contributed by atoms with E-state index in [-0.39, 0.29) is 17.6 Å². The molecule has 2 atom stereocenters. The van der Waals surface area contributed by atoms with E-state index >= 15 is 0 Å². The summed E-state index contributed by atoms with van der Waals surface area (Å²) in [6.07, 6.45) is 1.46. The summed E-state index contributed by atoms with van der Waals surface area (Å²) in [4.78, 5) is 24.4. The van der Waals surface area contributed by atoms with Crippen molar-refractivity contribution in [1.29, 1.82) is 0 Å². The Kier molecular flexibility index (Phi) is 4.56. The lowest BCUT2D eigenvalue weighted by Crippen LogP contribution is -2.34. The number of rotatable bonds is 4. The quantitative estimate of drug-likeness (QED) is 0.451. The Balaban J connectivity index is 1.68. The van der Waals surface area contributed by atoms with Gasteiger partial charge in [-0.2, -0.15) is 5.10 Å². The first-order chi connectivity index (χ1) is 11.6. The van der Waals surface area contributed by atoms with Gasteiger partial charge in [-0.15, -0.1) is 0 Å². The van der Waals surface area contributed by atoms with Crippen LogP contribution in [-0.4, -0.2) is 29.7 Å². The molecule has 24 heavy (non-hydrogen) atoms. The molecular formula is C18H17N3O3. The van der Waals surface area contributed by atoms with Gasteiger partial charge in [0.25, 0.3) is 5.91 Å². The van der Waals surface area contributed by atoms with Gasteiger partial charge in [-0.3, -0.25) is 9.59 Å². The lowest BCUT2D eigenvalue weighted by Gasteiger charge is -2.15. The number of phenols is 1. The first kappa shape index (κ1) is 15.7. The van der Waals surface area contributed by atoms with Crippen LogP contribution < -0.4 is 10.7 Å². The van der Waals surface area contributed by atoms with E-state index in [1.807, 2.05) is 30.3 Å². The van der Waals surface area contributed by atoms with Crippen LogP contribution in [-0.2, 0) is 9.59 Å². The summed E-state index contributed by atoms with van der Waals surface area (Å²) in [5.74, 6) is -1.58. The molecule has 2 aromatic rings. The SMILES string of the molecule is O=C1NC[C@@H](c2ccccc2)[C@H]1C(=O)N/N=C\c1ccc(O)cc1. The van der Waals surface area contributed by atoms with E-state index in [2.05, 4.69) is 15.8 Å². The van der Waals surface area contributed by atoms with Crippen molar-refractivity contribution in [3.63, 3.8) is 0 Å². The van der Waals surface area contributed by atoms with Gasteiger partial charge >= 0.3 is 0 Å². The molecule has 2 aromatic carbocycles. The molecule has 6 heteroatoms. The molecule has 0 saturated carbocycles. The van der Waals surface area contributed by atoms with E-state index in [1.165, 1.54) is 18.3 Å². The zero-order valence-corrected chi connectivity index (χ0v) is 12.8. The number of benzene rings is 2. The van der Waals surface area contributed by atoms with Crippen molar-refractivity contribution in [3.8, 4) is 5.75 Å². The number of phenolic OH excluding ortho intramolecular Hbond substituents is 1. The molecule has 1 saturated heterocycles. The summed E-state index contributed by atoms with van der Waals surface area (Å²) < 4.78 is 0. The van der Waals surface area contributed by atoms with Crippen LogP contribution in [0.2, 0.25) is 0 Å². The number of amides is 2. The highest BCUT2D eigenvalue weighted by molar-refractivity contribution is 6.03. The van der Waals surface area contributed by atoms with Gasteiger partial charge in [0.05, 0.1) is 6.21 Å². The average molecular weight is 323 g/mol. The second-order valence-corrected chi connectivity index (χ2v) is 5.57. The number of hydrogen-bond donors (Lipinski definition) is 3. The third kappa shape index (κ3) is 3.43. The van der Waals surface area contributed by atoms with Gasteiger partial charge in [0.1, 0.15) is 11.7 Å². The summed E-state index contributed by atoms with van der Waals surface area (Å²) in [7, 11) is 0. The highest BCUT2D eigenvalue weighted by atomic mass is 16.3. The van der Waals surface area contributed by atoms with E-state index in [0.29, 0.717) is 6.54 Å². The molecule has 1 fully saturated rings. The highest BCUT2D eigenvalue weighted by Crippen LogP contribution is 2.28. The van der Waals surface area contributed by atoms with Crippen LogP contribution in [0, 0.1) is 5.92 Å². The number of hydrogen-bond acceptors (Lipinski definition) is 4. The van der Waals surface area contributed by atoms with Crippen molar-refractivity contribution in [1.82, 2.24) is 10.7 Å².